The van der Waals surface area contributed by atoms with Crippen molar-refractivity contribution in [2.75, 3.05) is 6.54 Å². The largest absolute Gasteiger partial charge is 0.391 e. The van der Waals surface area contributed by atoms with Crippen LogP contribution in [0.5, 0.6) is 0 Å². The molecular weight excluding hydrogens is 116 g/mol. The average molecular weight is 131 g/mol. The molecule has 5 N–H and O–H groups in total. The van der Waals surface area contributed by atoms with E-state index in [1.807, 2.05) is 0 Å². The number of hydrogen-bond acceptors (Lipinski definition) is 3. The normalized spacial score (nSPS) is 14.3. The van der Waals surface area contributed by atoms with Crippen LogP contribution < -0.4 is 11.5 Å². The van der Waals surface area contributed by atoms with Crippen molar-refractivity contribution in [2.45, 2.75) is 25.9 Å². The highest BCUT2D eigenvalue weighted by atomic mass is 16.3. The van der Waals surface area contributed by atoms with Gasteiger partial charge in [-0.1, -0.05) is 0 Å². The summed E-state index contributed by atoms with van der Waals surface area (Å²) in [5.41, 5.74) is 10.6. The summed E-state index contributed by atoms with van der Waals surface area (Å²) >= 11 is 0. The minimum atomic E-state index is -0.489. The van der Waals surface area contributed by atoms with E-state index in [1.54, 1.807) is 6.92 Å². The maximum atomic E-state index is 8.84. The quantitative estimate of drug-likeness (QED) is 0.486. The van der Waals surface area contributed by atoms with Crippen LogP contribution in [0.15, 0.2) is 0 Å². The molecule has 0 bridgehead atoms. The van der Waals surface area contributed by atoms with Gasteiger partial charge in [-0.25, -0.2) is 0 Å². The lowest BCUT2D eigenvalue weighted by atomic mass is 10.1. The molecule has 0 fully saturated rings. The number of nitrogens with two attached hydrogens (primary N) is 2. The lowest BCUT2D eigenvalue weighted by Crippen LogP contribution is -2.23. The highest BCUT2D eigenvalue weighted by molar-refractivity contribution is 4.87. The van der Waals surface area contributed by atoms with Gasteiger partial charge in [-0.2, -0.15) is 0 Å². The Balaban J connectivity index is 3.16. The van der Waals surface area contributed by atoms with E-state index in [2.05, 4.69) is 0 Å². The van der Waals surface area contributed by atoms with Crippen LogP contribution in [0.1, 0.15) is 19.8 Å². The first kappa shape index (κ1) is 8.88. The third-order valence-corrected chi connectivity index (χ3v) is 1.21. The van der Waals surface area contributed by atoms with Crippen molar-refractivity contribution < 1.29 is 5.11 Å². The number of aliphatic hydroxyl groups excluding tert-OH is 1. The van der Waals surface area contributed by atoms with Crippen LogP contribution >= 0.6 is 0 Å². The Labute approximate surface area is 56.0 Å². The third-order valence-electron chi connectivity index (χ3n) is 1.21. The van der Waals surface area contributed by atoms with Crippen molar-refractivity contribution in [3.8, 4) is 0 Å². The van der Waals surface area contributed by atoms with Crippen LogP contribution in [0.3, 0.4) is 0 Å². The molecule has 3 heteroatoms. The minimum Gasteiger partial charge on any atom is -0.391 e. The van der Waals surface area contributed by atoms with Crippen LogP contribution in [0.4, 0.5) is 0 Å². The summed E-state index contributed by atoms with van der Waals surface area (Å²) in [6.45, 7) is 2.29. The Kier molecular flexibility index (Phi) is 4.67. The van der Waals surface area contributed by atoms with Gasteiger partial charge < -0.3 is 16.6 Å². The fraction of sp³-hybridized carbons (Fsp3) is 0.833. The molecule has 0 saturated carbocycles. The maximum Gasteiger partial charge on any atom is 0.0710 e. The highest BCUT2D eigenvalue weighted by Gasteiger charge is 2.07. The molecule has 0 aromatic carbocycles. The van der Waals surface area contributed by atoms with E-state index in [9.17, 15) is 0 Å². The Morgan fingerprint density at radius 2 is 2.22 bits per heavy atom. The fourth-order valence-electron chi connectivity index (χ4n) is 0.515. The Hall–Kier alpha value is -0.120. The molecule has 0 rings (SSSR count). The molecule has 0 aliphatic heterocycles. The number of hydrogen-bond donors (Lipinski definition) is 3. The molecule has 0 aromatic rings. The molecule has 0 aliphatic rings. The second kappa shape index (κ2) is 4.73. The third kappa shape index (κ3) is 4.39. The first-order valence-electron chi connectivity index (χ1n) is 3.17. The van der Waals surface area contributed by atoms with Gasteiger partial charge in [0.05, 0.1) is 12.1 Å². The lowest BCUT2D eigenvalue weighted by molar-refractivity contribution is 0.198. The van der Waals surface area contributed by atoms with Crippen molar-refractivity contribution in [3.63, 3.8) is 0 Å². The van der Waals surface area contributed by atoms with Gasteiger partial charge in [0.1, 0.15) is 0 Å². The van der Waals surface area contributed by atoms with Crippen molar-refractivity contribution in [2.24, 2.45) is 11.5 Å². The summed E-state index contributed by atoms with van der Waals surface area (Å²) in [6.07, 6.45) is 1.10. The van der Waals surface area contributed by atoms with Gasteiger partial charge in [0, 0.05) is 0 Å². The molecule has 3 nitrogen and oxygen atoms in total. The van der Waals surface area contributed by atoms with E-state index >= 15 is 0 Å². The van der Waals surface area contributed by atoms with E-state index in [0.717, 1.165) is 12.8 Å². The molecule has 0 spiro atoms. The van der Waals surface area contributed by atoms with Gasteiger partial charge in [-0.05, 0) is 26.3 Å². The molecule has 0 aromatic heterocycles. The van der Waals surface area contributed by atoms with Gasteiger partial charge in [-0.15, -0.1) is 0 Å². The topological polar surface area (TPSA) is 72.3 Å². The molecule has 9 heavy (non-hydrogen) atoms. The molecule has 0 heterocycles. The maximum absolute atomic E-state index is 8.84. The summed E-state index contributed by atoms with van der Waals surface area (Å²) in [4.78, 5) is 0. The van der Waals surface area contributed by atoms with Crippen molar-refractivity contribution in [1.29, 1.82) is 0 Å². The number of aliphatic hydroxyl groups is 1. The average Bonchev–Trinajstić information content (AvgIpc) is 1.82. The first-order valence-corrected chi connectivity index (χ1v) is 3.17. The van der Waals surface area contributed by atoms with Gasteiger partial charge in [0.15, 0.2) is 0 Å². The predicted molar refractivity (Wildman–Crippen MR) is 37.4 cm³/mol. The van der Waals surface area contributed by atoms with Gasteiger partial charge in [0.2, 0.25) is 0 Å². The molecular formula is C6H15N2O. The molecule has 1 radical (unpaired) electrons. The molecule has 1 unspecified atom stereocenters. The van der Waals surface area contributed by atoms with Gasteiger partial charge in [-0.3, -0.25) is 0 Å². The SMILES string of the molecule is CC(O)[C](N)CCCN. The molecule has 0 aliphatic carbocycles. The second-order valence-corrected chi connectivity index (χ2v) is 2.14. The van der Waals surface area contributed by atoms with Crippen LogP contribution in [0, 0.1) is 6.04 Å². The van der Waals surface area contributed by atoms with Crippen molar-refractivity contribution in [1.82, 2.24) is 0 Å². The van der Waals surface area contributed by atoms with E-state index in [4.69, 9.17) is 16.6 Å². The Bertz CT molecular complexity index is 66.1. The smallest absolute Gasteiger partial charge is 0.0710 e. The van der Waals surface area contributed by atoms with Crippen LogP contribution in [-0.4, -0.2) is 17.8 Å². The Morgan fingerprint density at radius 3 is 2.56 bits per heavy atom. The zero-order valence-electron chi connectivity index (χ0n) is 5.80. The van der Waals surface area contributed by atoms with Crippen molar-refractivity contribution in [3.05, 3.63) is 6.04 Å². The zero-order chi connectivity index (χ0) is 7.28. The van der Waals surface area contributed by atoms with Gasteiger partial charge >= 0.3 is 0 Å². The molecule has 0 saturated heterocycles. The Morgan fingerprint density at radius 1 is 1.67 bits per heavy atom. The minimum absolute atomic E-state index is 0.489. The summed E-state index contributed by atoms with van der Waals surface area (Å²) in [5.74, 6) is 0. The molecule has 0 amide bonds. The van der Waals surface area contributed by atoms with E-state index in [1.165, 1.54) is 0 Å². The van der Waals surface area contributed by atoms with E-state index < -0.39 is 6.10 Å². The first-order chi connectivity index (χ1) is 4.18. The lowest BCUT2D eigenvalue weighted by Gasteiger charge is -2.11. The highest BCUT2D eigenvalue weighted by Crippen LogP contribution is 2.04. The summed E-state index contributed by atoms with van der Waals surface area (Å²) in [6, 6.07) is 0.625. The van der Waals surface area contributed by atoms with E-state index in [0.29, 0.717) is 12.6 Å². The molecule has 55 valence electrons. The summed E-state index contributed by atoms with van der Waals surface area (Å²) in [5, 5.41) is 8.84. The standard InChI is InChI=1S/C6H15N2O/c1-5(9)6(8)3-2-4-7/h5,9H,2-4,7-8H2,1H3. The second-order valence-electron chi connectivity index (χ2n) is 2.14. The van der Waals surface area contributed by atoms with E-state index in [-0.39, 0.29) is 0 Å². The number of rotatable bonds is 4. The summed E-state index contributed by atoms with van der Waals surface area (Å²) < 4.78 is 0. The fourth-order valence-corrected chi connectivity index (χ4v) is 0.515. The van der Waals surface area contributed by atoms with Crippen molar-refractivity contribution >= 4 is 0 Å². The van der Waals surface area contributed by atoms with Crippen LogP contribution in [0.25, 0.3) is 0 Å². The van der Waals surface area contributed by atoms with Crippen LogP contribution in [-0.2, 0) is 0 Å². The monoisotopic (exact) mass is 131 g/mol. The molecule has 1 atom stereocenters. The van der Waals surface area contributed by atoms with Gasteiger partial charge in [0.25, 0.3) is 0 Å². The van der Waals surface area contributed by atoms with Crippen LogP contribution in [0.2, 0.25) is 0 Å². The zero-order valence-corrected chi connectivity index (χ0v) is 5.80. The predicted octanol–water partition coefficient (Wildman–Crippen LogP) is -0.403. The summed E-state index contributed by atoms with van der Waals surface area (Å²) in [7, 11) is 0.